The van der Waals surface area contributed by atoms with Crippen LogP contribution in [0.3, 0.4) is 0 Å². The molecule has 2 aromatic rings. The first-order valence-corrected chi connectivity index (χ1v) is 8.67. The summed E-state index contributed by atoms with van der Waals surface area (Å²) in [5, 5.41) is 5.22. The molecule has 1 aliphatic heterocycles. The zero-order chi connectivity index (χ0) is 14.9. The Bertz CT molecular complexity index is 695. The summed E-state index contributed by atoms with van der Waals surface area (Å²) in [6.07, 6.45) is 7.21. The van der Waals surface area contributed by atoms with E-state index in [1.165, 1.54) is 24.1 Å². The lowest BCUT2D eigenvalue weighted by Gasteiger charge is -2.17. The fraction of sp³-hybridized carbons (Fsp3) is 0.500. The predicted molar refractivity (Wildman–Crippen MR) is 89.9 cm³/mol. The van der Waals surface area contributed by atoms with E-state index < -0.39 is 0 Å². The SMILES string of the molecule is Clc1ccc(OC2CCCC2)c2cc3c(nc12)CCNCC3. The molecule has 1 fully saturated rings. The quantitative estimate of drug-likeness (QED) is 0.912. The molecular weight excluding hydrogens is 296 g/mol. The fourth-order valence-corrected chi connectivity index (χ4v) is 3.76. The number of ether oxygens (including phenoxy) is 1. The van der Waals surface area contributed by atoms with Crippen LogP contribution in [-0.4, -0.2) is 24.2 Å². The number of halogens is 1. The third-order valence-electron chi connectivity index (χ3n) is 4.77. The van der Waals surface area contributed by atoms with Gasteiger partial charge in [0.15, 0.2) is 0 Å². The van der Waals surface area contributed by atoms with Crippen molar-refractivity contribution >= 4 is 22.5 Å². The number of hydrogen-bond donors (Lipinski definition) is 1. The highest BCUT2D eigenvalue weighted by Gasteiger charge is 2.19. The van der Waals surface area contributed by atoms with Crippen LogP contribution in [0.2, 0.25) is 5.02 Å². The molecule has 0 radical (unpaired) electrons. The van der Waals surface area contributed by atoms with Gasteiger partial charge in [0.2, 0.25) is 0 Å². The van der Waals surface area contributed by atoms with Gasteiger partial charge in [-0.3, -0.25) is 4.98 Å². The van der Waals surface area contributed by atoms with Crippen molar-refractivity contribution < 1.29 is 4.74 Å². The molecule has 2 aliphatic rings. The van der Waals surface area contributed by atoms with Crippen LogP contribution < -0.4 is 10.1 Å². The van der Waals surface area contributed by atoms with Gasteiger partial charge in [0.05, 0.1) is 16.6 Å². The minimum Gasteiger partial charge on any atom is -0.490 e. The first-order chi connectivity index (χ1) is 10.8. The highest BCUT2D eigenvalue weighted by molar-refractivity contribution is 6.35. The number of hydrogen-bond acceptors (Lipinski definition) is 3. The normalized spacial score (nSPS) is 19.1. The molecular formula is C18H21ClN2O. The summed E-state index contributed by atoms with van der Waals surface area (Å²) < 4.78 is 6.25. The van der Waals surface area contributed by atoms with Gasteiger partial charge in [0.1, 0.15) is 5.75 Å². The standard InChI is InChI=1S/C18H21ClN2O/c19-15-5-6-17(22-13-3-1-2-4-13)14-11-12-7-9-20-10-8-16(12)21-18(14)15/h5-6,11,13,20H,1-4,7-10H2. The second-order valence-electron chi connectivity index (χ2n) is 6.31. The van der Waals surface area contributed by atoms with Crippen molar-refractivity contribution in [2.24, 2.45) is 0 Å². The smallest absolute Gasteiger partial charge is 0.129 e. The van der Waals surface area contributed by atoms with Crippen LogP contribution in [0.1, 0.15) is 36.9 Å². The highest BCUT2D eigenvalue weighted by Crippen LogP contribution is 2.34. The van der Waals surface area contributed by atoms with Crippen LogP contribution in [0.15, 0.2) is 18.2 Å². The summed E-state index contributed by atoms with van der Waals surface area (Å²) in [6, 6.07) is 6.18. The van der Waals surface area contributed by atoms with Crippen LogP contribution in [0.25, 0.3) is 10.9 Å². The number of nitrogens with zero attached hydrogens (tertiary/aromatic N) is 1. The Balaban J connectivity index is 1.80. The molecule has 3 nitrogen and oxygen atoms in total. The lowest BCUT2D eigenvalue weighted by molar-refractivity contribution is 0.213. The van der Waals surface area contributed by atoms with Gasteiger partial charge in [0, 0.05) is 24.0 Å². The van der Waals surface area contributed by atoms with E-state index in [-0.39, 0.29) is 0 Å². The first kappa shape index (κ1) is 14.3. The predicted octanol–water partition coefficient (Wildman–Crippen LogP) is 3.90. The molecule has 4 heteroatoms. The molecule has 0 spiro atoms. The summed E-state index contributed by atoms with van der Waals surface area (Å²) in [5.74, 6) is 0.943. The Morgan fingerprint density at radius 1 is 1.14 bits per heavy atom. The number of pyridine rings is 1. The second-order valence-corrected chi connectivity index (χ2v) is 6.72. The average molecular weight is 317 g/mol. The minimum atomic E-state index is 0.352. The number of fused-ring (bicyclic) bond motifs is 2. The van der Waals surface area contributed by atoms with E-state index >= 15 is 0 Å². The summed E-state index contributed by atoms with van der Waals surface area (Å²) in [4.78, 5) is 4.86. The zero-order valence-corrected chi connectivity index (χ0v) is 13.5. The van der Waals surface area contributed by atoms with Crippen molar-refractivity contribution in [2.75, 3.05) is 13.1 Å². The van der Waals surface area contributed by atoms with E-state index in [1.54, 1.807) is 0 Å². The maximum Gasteiger partial charge on any atom is 0.129 e. The van der Waals surface area contributed by atoms with Gasteiger partial charge in [-0.05, 0) is 62.4 Å². The van der Waals surface area contributed by atoms with Crippen LogP contribution >= 0.6 is 11.6 Å². The maximum absolute atomic E-state index is 6.40. The van der Waals surface area contributed by atoms with E-state index in [0.717, 1.165) is 55.4 Å². The first-order valence-electron chi connectivity index (χ1n) is 8.29. The van der Waals surface area contributed by atoms with Gasteiger partial charge in [-0.1, -0.05) is 11.6 Å². The number of nitrogens with one attached hydrogen (secondary N) is 1. The van der Waals surface area contributed by atoms with Crippen LogP contribution in [0.5, 0.6) is 5.75 Å². The second kappa shape index (κ2) is 6.05. The van der Waals surface area contributed by atoms with Crippen molar-refractivity contribution in [3.05, 3.63) is 34.5 Å². The van der Waals surface area contributed by atoms with Crippen LogP contribution in [0, 0.1) is 0 Å². The molecule has 0 bridgehead atoms. The summed E-state index contributed by atoms with van der Waals surface area (Å²) in [6.45, 7) is 2.00. The summed E-state index contributed by atoms with van der Waals surface area (Å²) >= 11 is 6.40. The van der Waals surface area contributed by atoms with Gasteiger partial charge < -0.3 is 10.1 Å². The van der Waals surface area contributed by atoms with Crippen LogP contribution in [0.4, 0.5) is 0 Å². The Kier molecular flexibility index (Phi) is 3.93. The van der Waals surface area contributed by atoms with E-state index in [1.807, 2.05) is 12.1 Å². The molecule has 1 aliphatic carbocycles. The largest absolute Gasteiger partial charge is 0.490 e. The third kappa shape index (κ3) is 2.68. The van der Waals surface area contributed by atoms with E-state index in [4.69, 9.17) is 21.3 Å². The molecule has 22 heavy (non-hydrogen) atoms. The molecule has 1 N–H and O–H groups in total. The van der Waals surface area contributed by atoms with Crippen molar-refractivity contribution in [1.29, 1.82) is 0 Å². The molecule has 2 heterocycles. The summed E-state index contributed by atoms with van der Waals surface area (Å²) in [5.41, 5.74) is 3.39. The lowest BCUT2D eigenvalue weighted by Crippen LogP contribution is -2.16. The molecule has 4 rings (SSSR count). The Labute approximate surface area is 136 Å². The molecule has 0 amide bonds. The van der Waals surface area contributed by atoms with Crippen molar-refractivity contribution in [3.63, 3.8) is 0 Å². The maximum atomic E-state index is 6.40. The topological polar surface area (TPSA) is 34.1 Å². The van der Waals surface area contributed by atoms with E-state index in [0.29, 0.717) is 11.1 Å². The van der Waals surface area contributed by atoms with Crippen molar-refractivity contribution in [1.82, 2.24) is 10.3 Å². The van der Waals surface area contributed by atoms with Crippen molar-refractivity contribution in [3.8, 4) is 5.75 Å². The monoisotopic (exact) mass is 316 g/mol. The third-order valence-corrected chi connectivity index (χ3v) is 5.07. The summed E-state index contributed by atoms with van der Waals surface area (Å²) in [7, 11) is 0. The molecule has 0 saturated heterocycles. The Hall–Kier alpha value is -1.32. The average Bonchev–Trinajstić information content (AvgIpc) is 2.92. The van der Waals surface area contributed by atoms with E-state index in [2.05, 4.69) is 11.4 Å². The number of benzene rings is 1. The van der Waals surface area contributed by atoms with Gasteiger partial charge >= 0.3 is 0 Å². The van der Waals surface area contributed by atoms with E-state index in [9.17, 15) is 0 Å². The van der Waals surface area contributed by atoms with Crippen molar-refractivity contribution in [2.45, 2.75) is 44.6 Å². The van der Waals surface area contributed by atoms with Gasteiger partial charge in [-0.2, -0.15) is 0 Å². The number of rotatable bonds is 2. The van der Waals surface area contributed by atoms with Gasteiger partial charge in [0.25, 0.3) is 0 Å². The molecule has 1 aromatic carbocycles. The van der Waals surface area contributed by atoms with Crippen LogP contribution in [-0.2, 0) is 12.8 Å². The highest BCUT2D eigenvalue weighted by atomic mass is 35.5. The Morgan fingerprint density at radius 2 is 1.95 bits per heavy atom. The molecule has 116 valence electrons. The zero-order valence-electron chi connectivity index (χ0n) is 12.7. The molecule has 1 aromatic heterocycles. The lowest BCUT2D eigenvalue weighted by atomic mass is 10.0. The Morgan fingerprint density at radius 3 is 2.82 bits per heavy atom. The molecule has 0 unspecified atom stereocenters. The molecule has 1 saturated carbocycles. The minimum absolute atomic E-state index is 0.352. The number of aromatic nitrogens is 1. The van der Waals surface area contributed by atoms with Gasteiger partial charge in [-0.25, -0.2) is 0 Å². The van der Waals surface area contributed by atoms with Gasteiger partial charge in [-0.15, -0.1) is 0 Å². The fourth-order valence-electron chi connectivity index (χ4n) is 3.56. The molecule has 0 atom stereocenters.